The van der Waals surface area contributed by atoms with Crippen LogP contribution in [0.15, 0.2) is 60.7 Å². The van der Waals surface area contributed by atoms with Crippen LogP contribution in [-0.2, 0) is 19.1 Å². The lowest BCUT2D eigenvalue weighted by Crippen LogP contribution is -2.41. The molecule has 27 heavy (non-hydrogen) atoms. The SMILES string of the molecule is CC(=O)NC(CCCC(N)=O)C(=O)OC(c1ccccc1)c1ccccc1. The summed E-state index contributed by atoms with van der Waals surface area (Å²) in [6.45, 7) is 1.33. The molecule has 2 aromatic rings. The number of ether oxygens (including phenoxy) is 1. The maximum absolute atomic E-state index is 12.8. The first-order valence-electron chi connectivity index (χ1n) is 8.83. The molecular formula is C21H24N2O4. The van der Waals surface area contributed by atoms with Crippen molar-refractivity contribution in [1.82, 2.24) is 5.32 Å². The normalized spacial score (nSPS) is 11.6. The highest BCUT2D eigenvalue weighted by molar-refractivity contribution is 5.83. The van der Waals surface area contributed by atoms with E-state index in [-0.39, 0.29) is 18.7 Å². The second-order valence-electron chi connectivity index (χ2n) is 6.25. The lowest BCUT2D eigenvalue weighted by molar-refractivity contribution is -0.151. The zero-order valence-corrected chi connectivity index (χ0v) is 15.3. The van der Waals surface area contributed by atoms with E-state index in [0.717, 1.165) is 11.1 Å². The van der Waals surface area contributed by atoms with Crippen molar-refractivity contribution >= 4 is 17.8 Å². The number of esters is 1. The summed E-state index contributed by atoms with van der Waals surface area (Å²) in [6, 6.07) is 17.9. The third kappa shape index (κ3) is 6.58. The fourth-order valence-electron chi connectivity index (χ4n) is 2.76. The lowest BCUT2D eigenvalue weighted by atomic mass is 10.0. The number of hydrogen-bond donors (Lipinski definition) is 2. The summed E-state index contributed by atoms with van der Waals surface area (Å²) in [6.07, 6.45) is 0.214. The van der Waals surface area contributed by atoms with E-state index in [1.807, 2.05) is 60.7 Å². The van der Waals surface area contributed by atoms with E-state index in [4.69, 9.17) is 10.5 Å². The molecule has 0 aliphatic heterocycles. The van der Waals surface area contributed by atoms with Crippen LogP contribution in [-0.4, -0.2) is 23.8 Å². The van der Waals surface area contributed by atoms with Crippen LogP contribution in [0.1, 0.15) is 43.4 Å². The number of hydrogen-bond acceptors (Lipinski definition) is 4. The molecule has 2 rings (SSSR count). The molecule has 1 atom stereocenters. The van der Waals surface area contributed by atoms with E-state index in [1.54, 1.807) is 0 Å². The van der Waals surface area contributed by atoms with Crippen molar-refractivity contribution in [3.05, 3.63) is 71.8 Å². The molecule has 2 aromatic carbocycles. The molecule has 0 saturated carbocycles. The van der Waals surface area contributed by atoms with Crippen molar-refractivity contribution in [3.8, 4) is 0 Å². The number of amides is 2. The second kappa shape index (κ2) is 10.1. The van der Waals surface area contributed by atoms with E-state index in [1.165, 1.54) is 6.92 Å². The highest BCUT2D eigenvalue weighted by Gasteiger charge is 2.26. The van der Waals surface area contributed by atoms with Crippen LogP contribution >= 0.6 is 0 Å². The van der Waals surface area contributed by atoms with Gasteiger partial charge in [-0.25, -0.2) is 4.79 Å². The second-order valence-corrected chi connectivity index (χ2v) is 6.25. The Labute approximate surface area is 158 Å². The summed E-state index contributed by atoms with van der Waals surface area (Å²) in [5, 5.41) is 2.60. The summed E-state index contributed by atoms with van der Waals surface area (Å²) in [7, 11) is 0. The molecule has 0 aliphatic rings. The molecule has 0 radical (unpaired) electrons. The van der Waals surface area contributed by atoms with Gasteiger partial charge in [0.1, 0.15) is 6.04 Å². The first kappa shape index (κ1) is 20.2. The van der Waals surface area contributed by atoms with Gasteiger partial charge in [-0.3, -0.25) is 9.59 Å². The van der Waals surface area contributed by atoms with Gasteiger partial charge in [0.25, 0.3) is 0 Å². The van der Waals surface area contributed by atoms with E-state index in [2.05, 4.69) is 5.32 Å². The van der Waals surface area contributed by atoms with Crippen LogP contribution < -0.4 is 11.1 Å². The van der Waals surface area contributed by atoms with E-state index in [9.17, 15) is 14.4 Å². The quantitative estimate of drug-likeness (QED) is 0.664. The molecule has 0 heterocycles. The topological polar surface area (TPSA) is 98.5 Å². The monoisotopic (exact) mass is 368 g/mol. The Hall–Kier alpha value is -3.15. The van der Waals surface area contributed by atoms with Crippen molar-refractivity contribution in [2.75, 3.05) is 0 Å². The molecule has 2 amide bonds. The van der Waals surface area contributed by atoms with Crippen LogP contribution in [0.3, 0.4) is 0 Å². The number of carbonyl (C=O) groups excluding carboxylic acids is 3. The van der Waals surface area contributed by atoms with Crippen LogP contribution in [0.2, 0.25) is 0 Å². The van der Waals surface area contributed by atoms with Crippen LogP contribution in [0.25, 0.3) is 0 Å². The molecule has 6 nitrogen and oxygen atoms in total. The lowest BCUT2D eigenvalue weighted by Gasteiger charge is -2.23. The minimum absolute atomic E-state index is 0.143. The number of carbonyl (C=O) groups is 3. The Morgan fingerprint density at radius 3 is 1.93 bits per heavy atom. The summed E-state index contributed by atoms with van der Waals surface area (Å²) >= 11 is 0. The summed E-state index contributed by atoms with van der Waals surface area (Å²) in [5.74, 6) is -1.34. The number of nitrogens with one attached hydrogen (secondary N) is 1. The smallest absolute Gasteiger partial charge is 0.329 e. The number of rotatable bonds is 9. The standard InChI is InChI=1S/C21H24N2O4/c1-15(24)23-18(13-8-14-19(22)25)21(26)27-20(16-9-4-2-5-10-16)17-11-6-3-7-12-17/h2-7,9-12,18,20H,8,13-14H2,1H3,(H2,22,25)(H,23,24). The molecular weight excluding hydrogens is 344 g/mol. The van der Waals surface area contributed by atoms with Crippen molar-refractivity contribution in [3.63, 3.8) is 0 Å². The highest BCUT2D eigenvalue weighted by Crippen LogP contribution is 2.26. The van der Waals surface area contributed by atoms with Gasteiger partial charge in [0, 0.05) is 13.3 Å². The van der Waals surface area contributed by atoms with Gasteiger partial charge in [-0.05, 0) is 24.0 Å². The molecule has 0 bridgehead atoms. The van der Waals surface area contributed by atoms with Crippen molar-refractivity contribution in [2.45, 2.75) is 38.3 Å². The molecule has 1 unspecified atom stereocenters. The maximum Gasteiger partial charge on any atom is 0.329 e. The third-order valence-electron chi connectivity index (χ3n) is 4.02. The van der Waals surface area contributed by atoms with Crippen molar-refractivity contribution < 1.29 is 19.1 Å². The van der Waals surface area contributed by atoms with E-state index in [0.29, 0.717) is 6.42 Å². The van der Waals surface area contributed by atoms with E-state index >= 15 is 0 Å². The van der Waals surface area contributed by atoms with Gasteiger partial charge in [-0.1, -0.05) is 60.7 Å². The molecule has 3 N–H and O–H groups in total. The fourth-order valence-corrected chi connectivity index (χ4v) is 2.76. The molecule has 0 aliphatic carbocycles. The Bertz CT molecular complexity index is 723. The third-order valence-corrected chi connectivity index (χ3v) is 4.02. The molecule has 0 spiro atoms. The zero-order chi connectivity index (χ0) is 19.6. The minimum atomic E-state index is -0.836. The van der Waals surface area contributed by atoms with Crippen LogP contribution in [0, 0.1) is 0 Å². The maximum atomic E-state index is 12.8. The van der Waals surface area contributed by atoms with Gasteiger partial charge in [0.2, 0.25) is 11.8 Å². The summed E-state index contributed by atoms with van der Waals surface area (Å²) in [4.78, 5) is 35.2. The van der Waals surface area contributed by atoms with Crippen LogP contribution in [0.5, 0.6) is 0 Å². The Kier molecular flexibility index (Phi) is 7.55. The van der Waals surface area contributed by atoms with Gasteiger partial charge in [0.15, 0.2) is 6.10 Å². The summed E-state index contributed by atoms with van der Waals surface area (Å²) < 4.78 is 5.77. The van der Waals surface area contributed by atoms with E-state index < -0.39 is 24.0 Å². The van der Waals surface area contributed by atoms with Crippen molar-refractivity contribution in [1.29, 1.82) is 0 Å². The Morgan fingerprint density at radius 1 is 0.963 bits per heavy atom. The molecule has 0 aromatic heterocycles. The first-order chi connectivity index (χ1) is 13.0. The van der Waals surface area contributed by atoms with Gasteiger partial charge in [-0.2, -0.15) is 0 Å². The number of benzene rings is 2. The first-order valence-corrected chi connectivity index (χ1v) is 8.83. The number of nitrogens with two attached hydrogens (primary N) is 1. The molecule has 6 heteroatoms. The van der Waals surface area contributed by atoms with Crippen LogP contribution in [0.4, 0.5) is 0 Å². The molecule has 0 fully saturated rings. The number of primary amides is 1. The molecule has 0 saturated heterocycles. The summed E-state index contributed by atoms with van der Waals surface area (Å²) in [5.41, 5.74) is 6.81. The highest BCUT2D eigenvalue weighted by atomic mass is 16.5. The largest absolute Gasteiger partial charge is 0.451 e. The fraction of sp³-hybridized carbons (Fsp3) is 0.286. The predicted octanol–water partition coefficient (Wildman–Crippen LogP) is 2.48. The molecule has 142 valence electrons. The van der Waals surface area contributed by atoms with Crippen molar-refractivity contribution in [2.24, 2.45) is 5.73 Å². The average Bonchev–Trinajstić information content (AvgIpc) is 2.66. The van der Waals surface area contributed by atoms with Gasteiger partial charge in [0.05, 0.1) is 0 Å². The minimum Gasteiger partial charge on any atom is -0.451 e. The average molecular weight is 368 g/mol. The van der Waals surface area contributed by atoms with Gasteiger partial charge in [-0.15, -0.1) is 0 Å². The zero-order valence-electron chi connectivity index (χ0n) is 15.3. The van der Waals surface area contributed by atoms with Gasteiger partial charge >= 0.3 is 5.97 Å². The Balaban J connectivity index is 2.19. The predicted molar refractivity (Wildman–Crippen MR) is 101 cm³/mol. The Morgan fingerprint density at radius 2 is 1.48 bits per heavy atom. The van der Waals surface area contributed by atoms with Gasteiger partial charge < -0.3 is 15.8 Å².